The van der Waals surface area contributed by atoms with Crippen LogP contribution >= 0.6 is 0 Å². The van der Waals surface area contributed by atoms with E-state index in [1.807, 2.05) is 41.5 Å². The topological polar surface area (TPSA) is 108 Å². The van der Waals surface area contributed by atoms with E-state index in [0.29, 0.717) is 76.5 Å². The Morgan fingerprint density at radius 3 is 1.38 bits per heavy atom. The van der Waals surface area contributed by atoms with Gasteiger partial charge >= 0.3 is 20.7 Å². The number of esters is 2. The van der Waals surface area contributed by atoms with Crippen molar-refractivity contribution in [3.8, 4) is 0 Å². The first kappa shape index (κ1) is 47.5. The highest BCUT2D eigenvalue weighted by molar-refractivity contribution is 6.60. The molecule has 0 aromatic heterocycles. The normalized spacial score (nSPS) is 12.2. The van der Waals surface area contributed by atoms with Gasteiger partial charge in [0.2, 0.25) is 0 Å². The minimum Gasteiger partial charge on any atom is -0.462 e. The number of carbonyl (C=O) groups excluding carboxylic acids is 2. The van der Waals surface area contributed by atoms with Crippen LogP contribution in [0.25, 0.3) is 0 Å². The van der Waals surface area contributed by atoms with Gasteiger partial charge in [-0.15, -0.1) is 0 Å². The van der Waals surface area contributed by atoms with Crippen LogP contribution in [0, 0.1) is 5.92 Å². The Bertz CT molecular complexity index is 786. The van der Waals surface area contributed by atoms with E-state index >= 15 is 0 Å². The Hall–Kier alpha value is -1.60. The zero-order valence-corrected chi connectivity index (χ0v) is 32.5. The smallest absolute Gasteiger partial charge is 0.462 e. The predicted octanol–water partition coefficient (Wildman–Crippen LogP) is 8.56. The van der Waals surface area contributed by atoms with Gasteiger partial charge in [0.05, 0.1) is 13.2 Å². The lowest BCUT2D eigenvalue weighted by Crippen LogP contribution is -2.47. The molecule has 0 heterocycles. The summed E-state index contributed by atoms with van der Waals surface area (Å²) in [6.07, 6.45) is 10.6. The van der Waals surface area contributed by atoms with Crippen LogP contribution < -0.4 is 0 Å². The van der Waals surface area contributed by atoms with E-state index in [2.05, 4.69) is 20.1 Å². The minimum absolute atomic E-state index is 0.0991. The van der Waals surface area contributed by atoms with Crippen LogP contribution in [0.5, 0.6) is 0 Å². The van der Waals surface area contributed by atoms with Crippen molar-refractivity contribution >= 4 is 20.7 Å². The highest BCUT2D eigenvalue weighted by Crippen LogP contribution is 2.34. The molecule has 47 heavy (non-hydrogen) atoms. The SMILES string of the molecule is C=C(C)C(=O)OCCCC(CCCCCCCC)C(OCC)(OCC)OCC.C=C(C)C(=O)OCCC[Si](OCC)(OCC)OCC. The highest BCUT2D eigenvalue weighted by atomic mass is 28.4. The van der Waals surface area contributed by atoms with Crippen molar-refractivity contribution in [2.75, 3.05) is 52.9 Å². The van der Waals surface area contributed by atoms with Gasteiger partial charge in [0.15, 0.2) is 0 Å². The summed E-state index contributed by atoms with van der Waals surface area (Å²) in [7, 11) is -2.61. The number of hydrogen-bond donors (Lipinski definition) is 0. The molecule has 0 spiro atoms. The number of hydrogen-bond acceptors (Lipinski definition) is 10. The molecule has 0 rings (SSSR count). The zero-order valence-electron chi connectivity index (χ0n) is 31.5. The predicted molar refractivity (Wildman–Crippen MR) is 190 cm³/mol. The molecule has 0 fully saturated rings. The highest BCUT2D eigenvalue weighted by Gasteiger charge is 2.41. The van der Waals surface area contributed by atoms with E-state index in [-0.39, 0.29) is 17.9 Å². The van der Waals surface area contributed by atoms with Gasteiger partial charge < -0.3 is 37.0 Å². The molecule has 0 aromatic carbocycles. The summed E-state index contributed by atoms with van der Waals surface area (Å²) in [5, 5.41) is 0. The third-order valence-electron chi connectivity index (χ3n) is 7.02. The second kappa shape index (κ2) is 30.5. The van der Waals surface area contributed by atoms with E-state index in [1.54, 1.807) is 13.8 Å². The number of rotatable bonds is 30. The van der Waals surface area contributed by atoms with Crippen LogP contribution in [-0.2, 0) is 46.6 Å². The fraction of sp³-hybridized carbons (Fsp3) is 0.833. The van der Waals surface area contributed by atoms with Crippen molar-refractivity contribution in [3.63, 3.8) is 0 Å². The van der Waals surface area contributed by atoms with E-state index in [9.17, 15) is 9.59 Å². The van der Waals surface area contributed by atoms with Crippen LogP contribution in [0.1, 0.15) is 127 Å². The molecular formula is C36H70O10Si. The van der Waals surface area contributed by atoms with Gasteiger partial charge in [-0.1, -0.05) is 58.6 Å². The second-order valence-electron chi connectivity index (χ2n) is 11.2. The zero-order chi connectivity index (χ0) is 36.0. The lowest BCUT2D eigenvalue weighted by atomic mass is 9.93. The first-order chi connectivity index (χ1) is 22.5. The lowest BCUT2D eigenvalue weighted by molar-refractivity contribution is -0.403. The van der Waals surface area contributed by atoms with Gasteiger partial charge in [0.1, 0.15) is 0 Å². The monoisotopic (exact) mass is 690 g/mol. The minimum atomic E-state index is -2.61. The average molecular weight is 691 g/mol. The Labute approximate surface area is 288 Å². The maximum atomic E-state index is 11.6. The molecule has 1 unspecified atom stereocenters. The van der Waals surface area contributed by atoms with Gasteiger partial charge in [-0.3, -0.25) is 0 Å². The third-order valence-corrected chi connectivity index (χ3v) is 10.2. The largest absolute Gasteiger partial charge is 0.501 e. The molecule has 0 bridgehead atoms. The van der Waals surface area contributed by atoms with Gasteiger partial charge in [-0.2, -0.15) is 0 Å². The Kier molecular flexibility index (Phi) is 30.8. The first-order valence-electron chi connectivity index (χ1n) is 18.0. The Morgan fingerprint density at radius 1 is 0.574 bits per heavy atom. The molecule has 1 atom stereocenters. The molecule has 0 amide bonds. The molecular weight excluding hydrogens is 620 g/mol. The van der Waals surface area contributed by atoms with E-state index in [1.165, 1.54) is 32.1 Å². The number of ether oxygens (including phenoxy) is 5. The van der Waals surface area contributed by atoms with Crippen molar-refractivity contribution in [2.45, 2.75) is 139 Å². The summed E-state index contributed by atoms with van der Waals surface area (Å²) in [5.74, 6) is -1.61. The maximum Gasteiger partial charge on any atom is 0.501 e. The molecule has 0 aromatic rings. The fourth-order valence-corrected chi connectivity index (χ4v) is 7.53. The lowest BCUT2D eigenvalue weighted by Gasteiger charge is -2.39. The molecule has 0 aliphatic heterocycles. The van der Waals surface area contributed by atoms with Crippen LogP contribution in [0.3, 0.4) is 0 Å². The van der Waals surface area contributed by atoms with Crippen LogP contribution in [0.4, 0.5) is 0 Å². The van der Waals surface area contributed by atoms with Crippen molar-refractivity contribution in [3.05, 3.63) is 24.3 Å². The molecule has 0 radical (unpaired) electrons. The van der Waals surface area contributed by atoms with Crippen molar-refractivity contribution < 1.29 is 46.6 Å². The second-order valence-corrected chi connectivity index (χ2v) is 13.9. The van der Waals surface area contributed by atoms with Crippen LogP contribution in [-0.4, -0.2) is 79.6 Å². The molecule has 0 aliphatic carbocycles. The van der Waals surface area contributed by atoms with Gasteiger partial charge in [-0.25, -0.2) is 9.59 Å². The summed E-state index contributed by atoms with van der Waals surface area (Å²) in [4.78, 5) is 22.8. The van der Waals surface area contributed by atoms with Crippen LogP contribution in [0.2, 0.25) is 6.04 Å². The van der Waals surface area contributed by atoms with Gasteiger partial charge in [0, 0.05) is 62.7 Å². The third kappa shape index (κ3) is 22.6. The summed E-state index contributed by atoms with van der Waals surface area (Å²) < 4.78 is 45.5. The van der Waals surface area contributed by atoms with Gasteiger partial charge in [-0.05, 0) is 81.1 Å². The quantitative estimate of drug-likeness (QED) is 0.0239. The molecule has 0 aliphatic rings. The molecule has 10 nitrogen and oxygen atoms in total. The average Bonchev–Trinajstić information content (AvgIpc) is 3.02. The number of unbranched alkanes of at least 4 members (excludes halogenated alkanes) is 5. The summed E-state index contributed by atoms with van der Waals surface area (Å²) in [6.45, 7) is 28.2. The summed E-state index contributed by atoms with van der Waals surface area (Å²) >= 11 is 0. The summed E-state index contributed by atoms with van der Waals surface area (Å²) in [5.41, 5.74) is 0.832. The Morgan fingerprint density at radius 2 is 0.979 bits per heavy atom. The number of carbonyl (C=O) groups is 2. The summed E-state index contributed by atoms with van der Waals surface area (Å²) in [6, 6.07) is 0.645. The first-order valence-corrected chi connectivity index (χ1v) is 19.9. The van der Waals surface area contributed by atoms with Gasteiger partial charge in [0.25, 0.3) is 5.97 Å². The fourth-order valence-electron chi connectivity index (χ4n) is 4.95. The van der Waals surface area contributed by atoms with E-state index < -0.39 is 14.8 Å². The maximum absolute atomic E-state index is 11.6. The van der Waals surface area contributed by atoms with Crippen molar-refractivity contribution in [1.29, 1.82) is 0 Å². The van der Waals surface area contributed by atoms with Crippen molar-refractivity contribution in [1.82, 2.24) is 0 Å². The van der Waals surface area contributed by atoms with Crippen LogP contribution in [0.15, 0.2) is 24.3 Å². The standard InChI is InChI=1S/C23H44O5.C13H26O5Si/c1-7-11-12-13-14-15-17-21(18-16-19-25-22(24)20(5)6)23(26-8-2,27-9-3)28-10-4;1-6-16-19(17-7-2,18-8-3)11-9-10-15-13(14)12(4)5/h21H,5,7-19H2,1-4,6H3;4,6-11H2,1-3,5H3. The molecule has 0 saturated carbocycles. The Balaban J connectivity index is 0. The molecule has 11 heteroatoms. The molecule has 278 valence electrons. The van der Waals surface area contributed by atoms with E-state index in [0.717, 1.165) is 25.7 Å². The van der Waals surface area contributed by atoms with E-state index in [4.69, 9.17) is 37.0 Å². The molecule has 0 saturated heterocycles. The molecule has 0 N–H and O–H groups in total. The van der Waals surface area contributed by atoms with Crippen molar-refractivity contribution in [2.24, 2.45) is 5.92 Å².